The molecule has 0 aliphatic carbocycles. The summed E-state index contributed by atoms with van der Waals surface area (Å²) >= 11 is 0. The van der Waals surface area contributed by atoms with Gasteiger partial charge in [0.1, 0.15) is 5.82 Å². The lowest BCUT2D eigenvalue weighted by atomic mass is 10.1. The summed E-state index contributed by atoms with van der Waals surface area (Å²) in [5.41, 5.74) is 1.60. The Labute approximate surface area is 87.9 Å². The zero-order valence-electron chi connectivity index (χ0n) is 8.59. The molecular weight excluding hydrogens is 195 g/mol. The molecule has 1 N–H and O–H groups in total. The molecule has 0 radical (unpaired) electrons. The number of nitrogens with one attached hydrogen (secondary N) is 1. The van der Waals surface area contributed by atoms with Crippen molar-refractivity contribution in [2.24, 2.45) is 0 Å². The number of hydrogen-bond acceptors (Lipinski definition) is 2. The zero-order valence-corrected chi connectivity index (χ0v) is 8.59. The van der Waals surface area contributed by atoms with Crippen LogP contribution in [0.15, 0.2) is 18.2 Å². The van der Waals surface area contributed by atoms with Gasteiger partial charge in [0.25, 0.3) is 0 Å². The maximum absolute atomic E-state index is 12.9. The number of rotatable bonds is 1. The summed E-state index contributed by atoms with van der Waals surface area (Å²) in [6.45, 7) is 3.60. The van der Waals surface area contributed by atoms with Crippen molar-refractivity contribution in [2.45, 2.75) is 6.92 Å². The lowest BCUT2D eigenvalue weighted by molar-refractivity contribution is -0.118. The molecule has 1 heterocycles. The van der Waals surface area contributed by atoms with Gasteiger partial charge in [-0.1, -0.05) is 0 Å². The van der Waals surface area contributed by atoms with Gasteiger partial charge in [0.2, 0.25) is 5.91 Å². The summed E-state index contributed by atoms with van der Waals surface area (Å²) in [6.07, 6.45) is 0. The van der Waals surface area contributed by atoms with Gasteiger partial charge in [-0.15, -0.1) is 0 Å². The monoisotopic (exact) mass is 208 g/mol. The van der Waals surface area contributed by atoms with Crippen LogP contribution in [-0.2, 0) is 4.79 Å². The Bertz CT molecular complexity index is 392. The van der Waals surface area contributed by atoms with Crippen LogP contribution in [0, 0.1) is 12.7 Å². The molecule has 3 nitrogen and oxygen atoms in total. The van der Waals surface area contributed by atoms with Gasteiger partial charge in [-0.05, 0) is 30.7 Å². The van der Waals surface area contributed by atoms with Gasteiger partial charge < -0.3 is 10.2 Å². The molecule has 0 aromatic heterocycles. The molecule has 1 aliphatic rings. The summed E-state index contributed by atoms with van der Waals surface area (Å²) in [5, 5.41) is 3.00. The van der Waals surface area contributed by atoms with E-state index in [1.165, 1.54) is 12.1 Å². The Morgan fingerprint density at radius 1 is 1.47 bits per heavy atom. The third kappa shape index (κ3) is 1.99. The fourth-order valence-electron chi connectivity index (χ4n) is 1.78. The Morgan fingerprint density at radius 3 is 2.93 bits per heavy atom. The van der Waals surface area contributed by atoms with E-state index >= 15 is 0 Å². The van der Waals surface area contributed by atoms with Crippen molar-refractivity contribution in [2.75, 3.05) is 24.5 Å². The van der Waals surface area contributed by atoms with E-state index in [1.54, 1.807) is 11.0 Å². The van der Waals surface area contributed by atoms with E-state index < -0.39 is 0 Å². The number of halogens is 1. The smallest absolute Gasteiger partial charge is 0.240 e. The van der Waals surface area contributed by atoms with Crippen LogP contribution in [0.25, 0.3) is 0 Å². The molecule has 1 amide bonds. The average Bonchev–Trinajstić information content (AvgIpc) is 2.20. The van der Waals surface area contributed by atoms with Crippen LogP contribution >= 0.6 is 0 Å². The number of piperazine rings is 1. The minimum Gasteiger partial charge on any atom is -0.310 e. The van der Waals surface area contributed by atoms with Gasteiger partial charge in [0.15, 0.2) is 0 Å². The van der Waals surface area contributed by atoms with Gasteiger partial charge in [0.05, 0.1) is 6.54 Å². The average molecular weight is 208 g/mol. The SMILES string of the molecule is Cc1cc(F)ccc1N1CCNCC1=O. The van der Waals surface area contributed by atoms with Crippen LogP contribution in [0.4, 0.5) is 10.1 Å². The lowest BCUT2D eigenvalue weighted by Gasteiger charge is -2.28. The summed E-state index contributed by atoms with van der Waals surface area (Å²) < 4.78 is 12.9. The second-order valence-electron chi connectivity index (χ2n) is 3.65. The molecule has 0 unspecified atom stereocenters. The Hall–Kier alpha value is -1.42. The van der Waals surface area contributed by atoms with Gasteiger partial charge in [-0.25, -0.2) is 4.39 Å². The van der Waals surface area contributed by atoms with Crippen molar-refractivity contribution in [3.63, 3.8) is 0 Å². The molecular formula is C11H13FN2O. The molecule has 1 saturated heterocycles. The maximum Gasteiger partial charge on any atom is 0.240 e. The summed E-state index contributed by atoms with van der Waals surface area (Å²) in [5.74, 6) is -0.227. The van der Waals surface area contributed by atoms with Crippen molar-refractivity contribution in [3.05, 3.63) is 29.6 Å². The first-order valence-electron chi connectivity index (χ1n) is 4.96. The van der Waals surface area contributed by atoms with E-state index in [1.807, 2.05) is 6.92 Å². The number of nitrogens with zero attached hydrogens (tertiary/aromatic N) is 1. The number of aryl methyl sites for hydroxylation is 1. The van der Waals surface area contributed by atoms with Gasteiger partial charge in [0, 0.05) is 18.8 Å². The quantitative estimate of drug-likeness (QED) is 0.748. The van der Waals surface area contributed by atoms with Crippen molar-refractivity contribution < 1.29 is 9.18 Å². The summed E-state index contributed by atoms with van der Waals surface area (Å²) in [4.78, 5) is 13.3. The largest absolute Gasteiger partial charge is 0.310 e. The molecule has 1 aromatic rings. The number of anilines is 1. The minimum absolute atomic E-state index is 0.0379. The lowest BCUT2D eigenvalue weighted by Crippen LogP contribution is -2.48. The topological polar surface area (TPSA) is 32.3 Å². The van der Waals surface area contributed by atoms with Crippen LogP contribution < -0.4 is 10.2 Å². The first-order valence-corrected chi connectivity index (χ1v) is 4.96. The number of amides is 1. The fraction of sp³-hybridized carbons (Fsp3) is 0.364. The number of benzene rings is 1. The molecule has 15 heavy (non-hydrogen) atoms. The van der Waals surface area contributed by atoms with Gasteiger partial charge in [-0.2, -0.15) is 0 Å². The molecule has 80 valence electrons. The van der Waals surface area contributed by atoms with Crippen LogP contribution in [-0.4, -0.2) is 25.5 Å². The van der Waals surface area contributed by atoms with E-state index in [0.717, 1.165) is 17.8 Å². The first-order chi connectivity index (χ1) is 7.18. The third-order valence-corrected chi connectivity index (χ3v) is 2.54. The Kier molecular flexibility index (Phi) is 2.68. The molecule has 0 bridgehead atoms. The number of carbonyl (C=O) groups excluding carboxylic acids is 1. The zero-order chi connectivity index (χ0) is 10.8. The Morgan fingerprint density at radius 2 is 2.27 bits per heavy atom. The first kappa shape index (κ1) is 10.1. The van der Waals surface area contributed by atoms with Crippen LogP contribution in [0.2, 0.25) is 0 Å². The summed E-state index contributed by atoms with van der Waals surface area (Å²) in [6, 6.07) is 4.50. The van der Waals surface area contributed by atoms with Crippen molar-refractivity contribution in [1.82, 2.24) is 5.32 Å². The Balaban J connectivity index is 2.31. The molecule has 4 heteroatoms. The standard InChI is InChI=1S/C11H13FN2O/c1-8-6-9(12)2-3-10(8)14-5-4-13-7-11(14)15/h2-3,6,13H,4-5,7H2,1H3. The van der Waals surface area contributed by atoms with Crippen LogP contribution in [0.5, 0.6) is 0 Å². The van der Waals surface area contributed by atoms with E-state index in [-0.39, 0.29) is 11.7 Å². The normalized spacial score (nSPS) is 16.9. The second kappa shape index (κ2) is 3.98. The molecule has 2 rings (SSSR count). The van der Waals surface area contributed by atoms with Crippen LogP contribution in [0.3, 0.4) is 0 Å². The van der Waals surface area contributed by atoms with Crippen molar-refractivity contribution in [3.8, 4) is 0 Å². The predicted octanol–water partition coefficient (Wildman–Crippen LogP) is 1.07. The summed E-state index contributed by atoms with van der Waals surface area (Å²) in [7, 11) is 0. The van der Waals surface area contributed by atoms with Gasteiger partial charge in [-0.3, -0.25) is 4.79 Å². The highest BCUT2D eigenvalue weighted by molar-refractivity contribution is 5.96. The van der Waals surface area contributed by atoms with E-state index in [0.29, 0.717) is 13.1 Å². The van der Waals surface area contributed by atoms with Crippen molar-refractivity contribution >= 4 is 11.6 Å². The van der Waals surface area contributed by atoms with Crippen LogP contribution in [0.1, 0.15) is 5.56 Å². The fourth-order valence-corrected chi connectivity index (χ4v) is 1.78. The third-order valence-electron chi connectivity index (χ3n) is 2.54. The molecule has 0 atom stereocenters. The minimum atomic E-state index is -0.265. The maximum atomic E-state index is 12.9. The highest BCUT2D eigenvalue weighted by atomic mass is 19.1. The second-order valence-corrected chi connectivity index (χ2v) is 3.65. The highest BCUT2D eigenvalue weighted by Crippen LogP contribution is 2.21. The number of carbonyl (C=O) groups is 1. The van der Waals surface area contributed by atoms with Crippen molar-refractivity contribution in [1.29, 1.82) is 0 Å². The molecule has 1 fully saturated rings. The van der Waals surface area contributed by atoms with E-state index in [4.69, 9.17) is 0 Å². The predicted molar refractivity (Wildman–Crippen MR) is 56.4 cm³/mol. The highest BCUT2D eigenvalue weighted by Gasteiger charge is 2.20. The number of hydrogen-bond donors (Lipinski definition) is 1. The van der Waals surface area contributed by atoms with Gasteiger partial charge >= 0.3 is 0 Å². The molecule has 0 saturated carbocycles. The van der Waals surface area contributed by atoms with E-state index in [2.05, 4.69) is 5.32 Å². The molecule has 1 aliphatic heterocycles. The molecule has 1 aromatic carbocycles. The van der Waals surface area contributed by atoms with E-state index in [9.17, 15) is 9.18 Å². The molecule has 0 spiro atoms.